The quantitative estimate of drug-likeness (QED) is 0.308. The third-order valence-electron chi connectivity index (χ3n) is 7.65. The molecule has 1 amide bonds. The molecule has 206 valence electrons. The number of morpholine rings is 1. The lowest BCUT2D eigenvalue weighted by Gasteiger charge is -2.29. The summed E-state index contributed by atoms with van der Waals surface area (Å²) in [5.74, 6) is 1.55. The number of fused-ring (bicyclic) bond motifs is 1. The van der Waals surface area contributed by atoms with Gasteiger partial charge in [-0.05, 0) is 53.9 Å². The van der Waals surface area contributed by atoms with Crippen LogP contribution in [-0.4, -0.2) is 72.4 Å². The molecule has 1 unspecified atom stereocenters. The molecule has 0 radical (unpaired) electrons. The van der Waals surface area contributed by atoms with E-state index in [2.05, 4.69) is 39.4 Å². The van der Waals surface area contributed by atoms with Gasteiger partial charge in [-0.15, -0.1) is 0 Å². The molecule has 1 atom stereocenters. The third-order valence-corrected chi connectivity index (χ3v) is 7.65. The zero-order chi connectivity index (χ0) is 27.3. The minimum atomic E-state index is -0.244. The highest BCUT2D eigenvalue weighted by molar-refractivity contribution is 6.00. The molecule has 3 heterocycles. The van der Waals surface area contributed by atoms with E-state index in [1.807, 2.05) is 59.5 Å². The van der Waals surface area contributed by atoms with Crippen molar-refractivity contribution in [2.24, 2.45) is 0 Å². The number of nitrogens with one attached hydrogen (secondary N) is 1. The van der Waals surface area contributed by atoms with Crippen LogP contribution in [0.3, 0.4) is 0 Å². The van der Waals surface area contributed by atoms with Gasteiger partial charge in [-0.25, -0.2) is 0 Å². The van der Waals surface area contributed by atoms with Crippen LogP contribution in [0.1, 0.15) is 39.6 Å². The van der Waals surface area contributed by atoms with Crippen LogP contribution in [0.25, 0.3) is 11.3 Å². The van der Waals surface area contributed by atoms with Crippen LogP contribution in [0.2, 0.25) is 0 Å². The minimum absolute atomic E-state index is 0.0151. The summed E-state index contributed by atoms with van der Waals surface area (Å²) in [7, 11) is 1.65. The number of nitrogens with zero attached hydrogens (tertiary/aromatic N) is 3. The Hall–Kier alpha value is -4.14. The molecule has 4 aromatic rings. The molecular formula is C32H34N4O4. The van der Waals surface area contributed by atoms with Gasteiger partial charge < -0.3 is 19.1 Å². The standard InChI is InChI=1S/C32H34N4O4/c1-38-26-12-8-24(9-13-26)29-28-30(34-33-29)32(37)36(17-5-16-35-18-20-39-21-19-35)31(28)25-10-14-27(15-11-25)40-22-23-6-3-2-4-7-23/h2-4,6-15,31H,5,16-22H2,1H3,(H,33,34). The Morgan fingerprint density at radius 1 is 0.925 bits per heavy atom. The third kappa shape index (κ3) is 5.46. The lowest BCUT2D eigenvalue weighted by atomic mass is 9.96. The van der Waals surface area contributed by atoms with Gasteiger partial charge in [0.25, 0.3) is 5.91 Å². The van der Waals surface area contributed by atoms with Gasteiger partial charge in [0.15, 0.2) is 0 Å². The number of rotatable bonds is 10. The maximum Gasteiger partial charge on any atom is 0.273 e. The number of methoxy groups -OCH3 is 1. The molecule has 0 aliphatic carbocycles. The first-order valence-electron chi connectivity index (χ1n) is 13.8. The predicted molar refractivity (Wildman–Crippen MR) is 153 cm³/mol. The van der Waals surface area contributed by atoms with E-state index < -0.39 is 0 Å². The van der Waals surface area contributed by atoms with Gasteiger partial charge >= 0.3 is 0 Å². The molecule has 2 aliphatic rings. The zero-order valence-electron chi connectivity index (χ0n) is 22.7. The number of hydrogen-bond acceptors (Lipinski definition) is 6. The van der Waals surface area contributed by atoms with Gasteiger partial charge in [0.1, 0.15) is 23.8 Å². The summed E-state index contributed by atoms with van der Waals surface area (Å²) in [6.07, 6.45) is 0.885. The van der Waals surface area contributed by atoms with Crippen molar-refractivity contribution in [2.45, 2.75) is 19.1 Å². The van der Waals surface area contributed by atoms with Crippen LogP contribution < -0.4 is 9.47 Å². The van der Waals surface area contributed by atoms with E-state index in [1.165, 1.54) is 0 Å². The van der Waals surface area contributed by atoms with Crippen molar-refractivity contribution in [3.05, 3.63) is 101 Å². The Morgan fingerprint density at radius 3 is 2.38 bits per heavy atom. The molecule has 40 heavy (non-hydrogen) atoms. The van der Waals surface area contributed by atoms with Crippen molar-refractivity contribution >= 4 is 5.91 Å². The zero-order valence-corrected chi connectivity index (χ0v) is 22.7. The van der Waals surface area contributed by atoms with E-state index in [0.717, 1.165) is 78.7 Å². The van der Waals surface area contributed by atoms with Gasteiger partial charge in [-0.2, -0.15) is 5.10 Å². The summed E-state index contributed by atoms with van der Waals surface area (Å²) >= 11 is 0. The van der Waals surface area contributed by atoms with Crippen LogP contribution in [0, 0.1) is 0 Å². The lowest BCUT2D eigenvalue weighted by Crippen LogP contribution is -2.38. The smallest absolute Gasteiger partial charge is 0.273 e. The van der Waals surface area contributed by atoms with E-state index in [4.69, 9.17) is 14.2 Å². The van der Waals surface area contributed by atoms with E-state index >= 15 is 0 Å². The van der Waals surface area contributed by atoms with Gasteiger partial charge in [-0.1, -0.05) is 42.5 Å². The van der Waals surface area contributed by atoms with Crippen molar-refractivity contribution in [3.63, 3.8) is 0 Å². The van der Waals surface area contributed by atoms with Gasteiger partial charge in [-0.3, -0.25) is 14.8 Å². The number of carbonyl (C=O) groups excluding carboxylic acids is 1. The summed E-state index contributed by atoms with van der Waals surface area (Å²) in [5, 5.41) is 7.66. The lowest BCUT2D eigenvalue weighted by molar-refractivity contribution is 0.0354. The van der Waals surface area contributed by atoms with Crippen LogP contribution in [-0.2, 0) is 11.3 Å². The molecule has 0 spiro atoms. The number of hydrogen-bond donors (Lipinski definition) is 1. The maximum absolute atomic E-state index is 13.7. The molecule has 3 aromatic carbocycles. The van der Waals surface area contributed by atoms with Crippen molar-refractivity contribution in [1.82, 2.24) is 20.0 Å². The molecular weight excluding hydrogens is 504 g/mol. The molecule has 0 saturated carbocycles. The second-order valence-corrected chi connectivity index (χ2v) is 10.1. The minimum Gasteiger partial charge on any atom is -0.497 e. The SMILES string of the molecule is COc1ccc(-c2n[nH]c3c2C(c2ccc(OCc4ccccc4)cc2)N(CCCN2CCOCC2)C3=O)cc1. The molecule has 2 aliphatic heterocycles. The highest BCUT2D eigenvalue weighted by Gasteiger charge is 2.42. The van der Waals surface area contributed by atoms with Gasteiger partial charge in [0.05, 0.1) is 32.1 Å². The Kier molecular flexibility index (Phi) is 7.79. The van der Waals surface area contributed by atoms with Crippen molar-refractivity contribution in [3.8, 4) is 22.8 Å². The molecule has 6 rings (SSSR count). The molecule has 1 fully saturated rings. The highest BCUT2D eigenvalue weighted by atomic mass is 16.5. The number of aromatic nitrogens is 2. The first kappa shape index (κ1) is 26.1. The van der Waals surface area contributed by atoms with E-state index in [1.54, 1.807) is 7.11 Å². The number of amides is 1. The first-order valence-corrected chi connectivity index (χ1v) is 13.8. The fourth-order valence-electron chi connectivity index (χ4n) is 5.52. The summed E-state index contributed by atoms with van der Waals surface area (Å²) < 4.78 is 16.9. The van der Waals surface area contributed by atoms with Gasteiger partial charge in [0.2, 0.25) is 0 Å². The van der Waals surface area contributed by atoms with Crippen molar-refractivity contribution in [1.29, 1.82) is 0 Å². The number of H-pyrrole nitrogens is 1. The molecule has 8 nitrogen and oxygen atoms in total. The molecule has 0 bridgehead atoms. The Labute approximate surface area is 234 Å². The second-order valence-electron chi connectivity index (χ2n) is 10.1. The highest BCUT2D eigenvalue weighted by Crippen LogP contribution is 2.43. The monoisotopic (exact) mass is 538 g/mol. The second kappa shape index (κ2) is 11.9. The van der Waals surface area contributed by atoms with Gasteiger partial charge in [0, 0.05) is 37.3 Å². The average molecular weight is 539 g/mol. The van der Waals surface area contributed by atoms with Crippen LogP contribution >= 0.6 is 0 Å². The maximum atomic E-state index is 13.7. The van der Waals surface area contributed by atoms with Crippen molar-refractivity contribution in [2.75, 3.05) is 46.5 Å². The molecule has 1 N–H and O–H groups in total. The Balaban J connectivity index is 1.27. The Bertz CT molecular complexity index is 1410. The molecule has 8 heteroatoms. The number of ether oxygens (including phenoxy) is 3. The summed E-state index contributed by atoms with van der Waals surface area (Å²) in [6.45, 7) is 5.50. The molecule has 1 aromatic heterocycles. The van der Waals surface area contributed by atoms with Crippen molar-refractivity contribution < 1.29 is 19.0 Å². The predicted octanol–water partition coefficient (Wildman–Crippen LogP) is 4.93. The number of benzene rings is 3. The Morgan fingerprint density at radius 2 is 1.65 bits per heavy atom. The van der Waals surface area contributed by atoms with E-state index in [0.29, 0.717) is 18.8 Å². The van der Waals surface area contributed by atoms with Crippen LogP contribution in [0.15, 0.2) is 78.9 Å². The van der Waals surface area contributed by atoms with E-state index in [9.17, 15) is 4.79 Å². The average Bonchev–Trinajstić information content (AvgIpc) is 3.56. The van der Waals surface area contributed by atoms with Crippen LogP contribution in [0.4, 0.5) is 0 Å². The normalized spacial score (nSPS) is 17.2. The number of aromatic amines is 1. The summed E-state index contributed by atoms with van der Waals surface area (Å²) in [4.78, 5) is 18.1. The van der Waals surface area contributed by atoms with Crippen LogP contribution in [0.5, 0.6) is 11.5 Å². The fourth-order valence-corrected chi connectivity index (χ4v) is 5.52. The fraction of sp³-hybridized carbons (Fsp3) is 0.312. The number of carbonyl (C=O) groups is 1. The van der Waals surface area contributed by atoms with E-state index in [-0.39, 0.29) is 11.9 Å². The first-order chi connectivity index (χ1) is 19.7. The summed E-state index contributed by atoms with van der Waals surface area (Å²) in [5.41, 5.74) is 5.35. The largest absolute Gasteiger partial charge is 0.497 e. The topological polar surface area (TPSA) is 79.9 Å². The summed E-state index contributed by atoms with van der Waals surface area (Å²) in [6, 6.07) is 25.8. The molecule has 1 saturated heterocycles.